The van der Waals surface area contributed by atoms with E-state index in [1.165, 1.54) is 11.1 Å². The van der Waals surface area contributed by atoms with Gasteiger partial charge in [0.15, 0.2) is 0 Å². The van der Waals surface area contributed by atoms with E-state index in [-0.39, 0.29) is 18.5 Å². The lowest BCUT2D eigenvalue weighted by atomic mass is 9.94. The maximum atomic E-state index is 5.75. The molecule has 1 aliphatic rings. The van der Waals surface area contributed by atoms with E-state index in [1.54, 1.807) is 0 Å². The standard InChI is InChI=1S/C13H19NO.ClH/c1-3-8-14-13-10(2)15-9-11-6-4-5-7-12(11)13;/h4-7,10,13-14H,3,8-9H2,1-2H3;1H/t10-,13-;/m0./s1. The Balaban J connectivity index is 0.00000128. The molecule has 0 saturated carbocycles. The molecule has 1 aromatic carbocycles. The Bertz CT molecular complexity index is 329. The van der Waals surface area contributed by atoms with E-state index in [2.05, 4.69) is 43.4 Å². The summed E-state index contributed by atoms with van der Waals surface area (Å²) in [6.45, 7) is 6.13. The minimum absolute atomic E-state index is 0. The van der Waals surface area contributed by atoms with Gasteiger partial charge in [0.25, 0.3) is 0 Å². The van der Waals surface area contributed by atoms with E-state index in [0.29, 0.717) is 6.04 Å². The highest BCUT2D eigenvalue weighted by molar-refractivity contribution is 5.85. The first-order chi connectivity index (χ1) is 7.33. The highest BCUT2D eigenvalue weighted by atomic mass is 35.5. The fraction of sp³-hybridized carbons (Fsp3) is 0.538. The summed E-state index contributed by atoms with van der Waals surface area (Å²) in [4.78, 5) is 0. The molecule has 1 heterocycles. The SMILES string of the molecule is CCCN[C@@H]1c2ccccc2CO[C@H]1C.Cl. The number of hydrogen-bond donors (Lipinski definition) is 1. The summed E-state index contributed by atoms with van der Waals surface area (Å²) < 4.78 is 5.75. The van der Waals surface area contributed by atoms with Crippen molar-refractivity contribution in [3.8, 4) is 0 Å². The zero-order chi connectivity index (χ0) is 10.7. The quantitative estimate of drug-likeness (QED) is 0.878. The maximum Gasteiger partial charge on any atom is 0.0746 e. The van der Waals surface area contributed by atoms with Gasteiger partial charge in [-0.1, -0.05) is 31.2 Å². The van der Waals surface area contributed by atoms with Crippen LogP contribution in [-0.4, -0.2) is 12.6 Å². The van der Waals surface area contributed by atoms with Crippen molar-refractivity contribution < 1.29 is 4.74 Å². The molecule has 2 nitrogen and oxygen atoms in total. The first-order valence-electron chi connectivity index (χ1n) is 5.75. The van der Waals surface area contributed by atoms with E-state index in [9.17, 15) is 0 Å². The molecule has 0 bridgehead atoms. The van der Waals surface area contributed by atoms with Crippen LogP contribution in [-0.2, 0) is 11.3 Å². The molecule has 0 spiro atoms. The number of rotatable bonds is 3. The molecular formula is C13H20ClNO. The van der Waals surface area contributed by atoms with Crippen LogP contribution in [0.5, 0.6) is 0 Å². The molecule has 1 aromatic rings. The van der Waals surface area contributed by atoms with Crippen LogP contribution in [0.25, 0.3) is 0 Å². The van der Waals surface area contributed by atoms with E-state index < -0.39 is 0 Å². The second kappa shape index (κ2) is 6.24. The lowest BCUT2D eigenvalue weighted by molar-refractivity contribution is 0.0116. The van der Waals surface area contributed by atoms with Gasteiger partial charge < -0.3 is 10.1 Å². The fourth-order valence-electron chi connectivity index (χ4n) is 2.12. The van der Waals surface area contributed by atoms with E-state index in [0.717, 1.165) is 19.6 Å². The molecule has 2 atom stereocenters. The van der Waals surface area contributed by atoms with Crippen LogP contribution in [0.4, 0.5) is 0 Å². The summed E-state index contributed by atoms with van der Waals surface area (Å²) >= 11 is 0. The van der Waals surface area contributed by atoms with Crippen LogP contribution in [0.2, 0.25) is 0 Å². The van der Waals surface area contributed by atoms with Gasteiger partial charge in [0.1, 0.15) is 0 Å². The van der Waals surface area contributed by atoms with Crippen molar-refractivity contribution in [3.05, 3.63) is 35.4 Å². The van der Waals surface area contributed by atoms with Gasteiger partial charge in [0.2, 0.25) is 0 Å². The van der Waals surface area contributed by atoms with E-state index in [4.69, 9.17) is 4.74 Å². The highest BCUT2D eigenvalue weighted by Crippen LogP contribution is 2.28. The molecule has 0 aromatic heterocycles. The Morgan fingerprint density at radius 2 is 2.12 bits per heavy atom. The molecule has 0 unspecified atom stereocenters. The molecule has 16 heavy (non-hydrogen) atoms. The molecule has 2 rings (SSSR count). The normalized spacial score (nSPS) is 23.4. The van der Waals surface area contributed by atoms with E-state index in [1.807, 2.05) is 0 Å². The van der Waals surface area contributed by atoms with E-state index >= 15 is 0 Å². The third kappa shape index (κ3) is 2.76. The largest absolute Gasteiger partial charge is 0.372 e. The lowest BCUT2D eigenvalue weighted by Gasteiger charge is -2.32. The van der Waals surface area contributed by atoms with Crippen LogP contribution in [0.3, 0.4) is 0 Å². The average molecular weight is 242 g/mol. The molecule has 0 saturated heterocycles. The average Bonchev–Trinajstić information content (AvgIpc) is 2.28. The second-order valence-electron chi connectivity index (χ2n) is 4.15. The van der Waals surface area contributed by atoms with Crippen molar-refractivity contribution in [1.29, 1.82) is 0 Å². The number of ether oxygens (including phenoxy) is 1. The lowest BCUT2D eigenvalue weighted by Crippen LogP contribution is -2.36. The van der Waals surface area contributed by atoms with Gasteiger partial charge in [-0.25, -0.2) is 0 Å². The van der Waals surface area contributed by atoms with Crippen molar-refractivity contribution in [1.82, 2.24) is 5.32 Å². The molecule has 90 valence electrons. The predicted octanol–water partition coefficient (Wildman–Crippen LogP) is 3.07. The number of nitrogens with one attached hydrogen (secondary N) is 1. The van der Waals surface area contributed by atoms with Crippen LogP contribution >= 0.6 is 12.4 Å². The van der Waals surface area contributed by atoms with Gasteiger partial charge in [0.05, 0.1) is 18.8 Å². The fourth-order valence-corrected chi connectivity index (χ4v) is 2.12. The van der Waals surface area contributed by atoms with Crippen LogP contribution < -0.4 is 5.32 Å². The van der Waals surface area contributed by atoms with Crippen LogP contribution in [0.1, 0.15) is 37.4 Å². The molecule has 3 heteroatoms. The predicted molar refractivity (Wildman–Crippen MR) is 69.0 cm³/mol. The third-order valence-electron chi connectivity index (χ3n) is 2.98. The van der Waals surface area contributed by atoms with Gasteiger partial charge in [-0.3, -0.25) is 0 Å². The topological polar surface area (TPSA) is 21.3 Å². The summed E-state index contributed by atoms with van der Waals surface area (Å²) in [5.74, 6) is 0. The number of hydrogen-bond acceptors (Lipinski definition) is 2. The van der Waals surface area contributed by atoms with Gasteiger partial charge in [0, 0.05) is 0 Å². The monoisotopic (exact) mass is 241 g/mol. The summed E-state index contributed by atoms with van der Waals surface area (Å²) in [6.07, 6.45) is 1.43. The number of halogens is 1. The maximum absolute atomic E-state index is 5.75. The van der Waals surface area contributed by atoms with Gasteiger partial charge in [-0.2, -0.15) is 0 Å². The summed E-state index contributed by atoms with van der Waals surface area (Å²) in [5, 5.41) is 3.55. The molecule has 0 fully saturated rings. The highest BCUT2D eigenvalue weighted by Gasteiger charge is 2.25. The van der Waals surface area contributed by atoms with Gasteiger partial charge >= 0.3 is 0 Å². The summed E-state index contributed by atoms with van der Waals surface area (Å²) in [6, 6.07) is 8.91. The van der Waals surface area contributed by atoms with Crippen molar-refractivity contribution in [2.24, 2.45) is 0 Å². The van der Waals surface area contributed by atoms with Crippen molar-refractivity contribution in [3.63, 3.8) is 0 Å². The van der Waals surface area contributed by atoms with Gasteiger partial charge in [-0.05, 0) is 31.0 Å². The summed E-state index contributed by atoms with van der Waals surface area (Å²) in [7, 11) is 0. The minimum Gasteiger partial charge on any atom is -0.372 e. The molecular weight excluding hydrogens is 222 g/mol. The van der Waals surface area contributed by atoms with Crippen molar-refractivity contribution in [2.75, 3.05) is 6.54 Å². The Morgan fingerprint density at radius 1 is 1.38 bits per heavy atom. The molecule has 0 amide bonds. The van der Waals surface area contributed by atoms with Crippen molar-refractivity contribution in [2.45, 2.75) is 39.0 Å². The molecule has 0 radical (unpaired) electrons. The minimum atomic E-state index is 0. The number of fused-ring (bicyclic) bond motifs is 1. The van der Waals surface area contributed by atoms with Crippen LogP contribution in [0.15, 0.2) is 24.3 Å². The van der Waals surface area contributed by atoms with Crippen molar-refractivity contribution >= 4 is 12.4 Å². The second-order valence-corrected chi connectivity index (χ2v) is 4.15. The van der Waals surface area contributed by atoms with Gasteiger partial charge in [-0.15, -0.1) is 12.4 Å². The summed E-state index contributed by atoms with van der Waals surface area (Å²) in [5.41, 5.74) is 2.73. The Hall–Kier alpha value is -0.570. The third-order valence-corrected chi connectivity index (χ3v) is 2.98. The first-order valence-corrected chi connectivity index (χ1v) is 5.75. The molecule has 0 aliphatic carbocycles. The Kier molecular flexibility index (Phi) is 5.26. The zero-order valence-electron chi connectivity index (χ0n) is 9.90. The smallest absolute Gasteiger partial charge is 0.0746 e. The molecule has 1 N–H and O–H groups in total. The number of benzene rings is 1. The van der Waals surface area contributed by atoms with Crippen LogP contribution in [0, 0.1) is 0 Å². The Morgan fingerprint density at radius 3 is 2.88 bits per heavy atom. The molecule has 1 aliphatic heterocycles. The Labute approximate surface area is 104 Å². The zero-order valence-corrected chi connectivity index (χ0v) is 10.7. The first kappa shape index (κ1) is 13.5.